The van der Waals surface area contributed by atoms with Gasteiger partial charge in [0.2, 0.25) is 0 Å². The number of rotatable bonds is 6. The SMILES string of the molecule is COc1ccc(NC(=O)c2ccccc2C(C)(F)F)cc1OC1CCCC1. The molecule has 1 aliphatic rings. The molecule has 2 aromatic rings. The van der Waals surface area contributed by atoms with Crippen LogP contribution in [0.3, 0.4) is 0 Å². The second-order valence-electron chi connectivity index (χ2n) is 6.78. The third-order valence-corrected chi connectivity index (χ3v) is 4.66. The molecule has 0 aromatic heterocycles. The van der Waals surface area contributed by atoms with Crippen LogP contribution in [-0.4, -0.2) is 19.1 Å². The van der Waals surface area contributed by atoms with Gasteiger partial charge in [-0.3, -0.25) is 4.79 Å². The summed E-state index contributed by atoms with van der Waals surface area (Å²) in [6, 6.07) is 10.7. The molecule has 0 heterocycles. The minimum atomic E-state index is -3.11. The van der Waals surface area contributed by atoms with E-state index in [4.69, 9.17) is 9.47 Å². The standard InChI is InChI=1S/C21H23F2NO3/c1-21(22,23)17-10-6-5-9-16(17)20(25)24-14-11-12-18(26-2)19(13-14)27-15-7-3-4-8-15/h5-6,9-13,15H,3-4,7-8H2,1-2H3,(H,24,25). The van der Waals surface area contributed by atoms with Crippen molar-refractivity contribution in [3.8, 4) is 11.5 Å². The van der Waals surface area contributed by atoms with E-state index in [0.29, 0.717) is 17.2 Å². The second kappa shape index (κ2) is 7.94. The lowest BCUT2D eigenvalue weighted by Gasteiger charge is -2.18. The molecular formula is C21H23F2NO3. The number of benzene rings is 2. The topological polar surface area (TPSA) is 47.6 Å². The molecule has 0 unspecified atom stereocenters. The van der Waals surface area contributed by atoms with Crippen LogP contribution in [0.5, 0.6) is 11.5 Å². The largest absolute Gasteiger partial charge is 0.493 e. The van der Waals surface area contributed by atoms with Crippen LogP contribution >= 0.6 is 0 Å². The third-order valence-electron chi connectivity index (χ3n) is 4.66. The van der Waals surface area contributed by atoms with Gasteiger partial charge >= 0.3 is 0 Å². The molecular weight excluding hydrogens is 352 g/mol. The van der Waals surface area contributed by atoms with Crippen LogP contribution in [0.1, 0.15) is 48.5 Å². The zero-order valence-electron chi connectivity index (χ0n) is 15.4. The molecule has 144 valence electrons. The summed E-state index contributed by atoms with van der Waals surface area (Å²) < 4.78 is 38.9. The van der Waals surface area contributed by atoms with Crippen molar-refractivity contribution < 1.29 is 23.0 Å². The maximum absolute atomic E-state index is 13.8. The Morgan fingerprint density at radius 1 is 1.11 bits per heavy atom. The lowest BCUT2D eigenvalue weighted by Crippen LogP contribution is -2.19. The van der Waals surface area contributed by atoms with E-state index in [2.05, 4.69) is 5.32 Å². The summed E-state index contributed by atoms with van der Waals surface area (Å²) >= 11 is 0. The van der Waals surface area contributed by atoms with Gasteiger partial charge in [-0.1, -0.05) is 18.2 Å². The predicted molar refractivity (Wildman–Crippen MR) is 99.8 cm³/mol. The van der Waals surface area contributed by atoms with Gasteiger partial charge in [-0.2, -0.15) is 0 Å². The maximum atomic E-state index is 13.8. The first-order valence-electron chi connectivity index (χ1n) is 9.02. The lowest BCUT2D eigenvalue weighted by molar-refractivity contribution is 0.0165. The van der Waals surface area contributed by atoms with Gasteiger partial charge in [0.1, 0.15) is 0 Å². The zero-order valence-corrected chi connectivity index (χ0v) is 15.4. The van der Waals surface area contributed by atoms with Gasteiger partial charge in [0, 0.05) is 29.8 Å². The Bertz CT molecular complexity index is 811. The number of halogens is 2. The van der Waals surface area contributed by atoms with E-state index in [-0.39, 0.29) is 17.2 Å². The molecule has 1 aliphatic carbocycles. The number of hydrogen-bond donors (Lipinski definition) is 1. The molecule has 1 saturated carbocycles. The first-order valence-corrected chi connectivity index (χ1v) is 9.02. The normalized spacial score (nSPS) is 14.8. The van der Waals surface area contributed by atoms with Crippen molar-refractivity contribution in [1.29, 1.82) is 0 Å². The average molecular weight is 375 g/mol. The summed E-state index contributed by atoms with van der Waals surface area (Å²) in [6.45, 7) is 0.778. The highest BCUT2D eigenvalue weighted by molar-refractivity contribution is 6.05. The molecule has 1 fully saturated rings. The van der Waals surface area contributed by atoms with E-state index in [1.54, 1.807) is 31.4 Å². The van der Waals surface area contributed by atoms with Crippen molar-refractivity contribution in [2.45, 2.75) is 44.6 Å². The van der Waals surface area contributed by atoms with Gasteiger partial charge in [-0.15, -0.1) is 0 Å². The minimum absolute atomic E-state index is 0.0564. The highest BCUT2D eigenvalue weighted by atomic mass is 19.3. The number of nitrogens with one attached hydrogen (secondary N) is 1. The second-order valence-corrected chi connectivity index (χ2v) is 6.78. The average Bonchev–Trinajstić information content (AvgIpc) is 3.14. The molecule has 0 bridgehead atoms. The molecule has 4 nitrogen and oxygen atoms in total. The summed E-state index contributed by atoms with van der Waals surface area (Å²) in [5.41, 5.74) is 0.0977. The summed E-state index contributed by atoms with van der Waals surface area (Å²) in [5, 5.41) is 2.68. The van der Waals surface area contributed by atoms with Crippen LogP contribution in [0.15, 0.2) is 42.5 Å². The van der Waals surface area contributed by atoms with Crippen molar-refractivity contribution in [1.82, 2.24) is 0 Å². The van der Waals surface area contributed by atoms with E-state index in [1.165, 1.54) is 18.2 Å². The Balaban J connectivity index is 1.82. The number of ether oxygens (including phenoxy) is 2. The van der Waals surface area contributed by atoms with Gasteiger partial charge in [-0.05, 0) is 43.9 Å². The molecule has 6 heteroatoms. The van der Waals surface area contributed by atoms with Crippen molar-refractivity contribution in [3.05, 3.63) is 53.6 Å². The van der Waals surface area contributed by atoms with E-state index in [9.17, 15) is 13.6 Å². The van der Waals surface area contributed by atoms with Gasteiger partial charge < -0.3 is 14.8 Å². The Morgan fingerprint density at radius 3 is 2.48 bits per heavy atom. The number of methoxy groups -OCH3 is 1. The number of amides is 1. The molecule has 2 aromatic carbocycles. The lowest BCUT2D eigenvalue weighted by atomic mass is 10.0. The Morgan fingerprint density at radius 2 is 1.81 bits per heavy atom. The van der Waals surface area contributed by atoms with Gasteiger partial charge in [0.15, 0.2) is 11.5 Å². The summed E-state index contributed by atoms with van der Waals surface area (Å²) in [4.78, 5) is 12.6. The first kappa shape index (κ1) is 19.1. The zero-order chi connectivity index (χ0) is 19.4. The number of alkyl halides is 2. The Hall–Kier alpha value is -2.63. The van der Waals surface area contributed by atoms with Gasteiger partial charge in [-0.25, -0.2) is 8.78 Å². The fourth-order valence-electron chi connectivity index (χ4n) is 3.29. The Labute approximate surface area is 157 Å². The van der Waals surface area contributed by atoms with Crippen LogP contribution < -0.4 is 14.8 Å². The minimum Gasteiger partial charge on any atom is -0.493 e. The van der Waals surface area contributed by atoms with Crippen molar-refractivity contribution in [2.24, 2.45) is 0 Å². The predicted octanol–water partition coefficient (Wildman–Crippen LogP) is 5.38. The highest BCUT2D eigenvalue weighted by Crippen LogP contribution is 2.35. The van der Waals surface area contributed by atoms with Gasteiger partial charge in [0.05, 0.1) is 13.2 Å². The first-order chi connectivity index (χ1) is 12.9. The molecule has 0 spiro atoms. The summed E-state index contributed by atoms with van der Waals surface area (Å²) in [7, 11) is 1.55. The number of anilines is 1. The van der Waals surface area contributed by atoms with Crippen LogP contribution in [-0.2, 0) is 5.92 Å². The number of hydrogen-bond acceptors (Lipinski definition) is 3. The quantitative estimate of drug-likeness (QED) is 0.737. The molecule has 1 amide bonds. The van der Waals surface area contributed by atoms with E-state index < -0.39 is 11.8 Å². The molecule has 3 rings (SSSR count). The summed E-state index contributed by atoms with van der Waals surface area (Å²) in [5.74, 6) is -2.59. The fraction of sp³-hybridized carbons (Fsp3) is 0.381. The van der Waals surface area contributed by atoms with Crippen LogP contribution in [0.4, 0.5) is 14.5 Å². The smallest absolute Gasteiger partial charge is 0.271 e. The van der Waals surface area contributed by atoms with Crippen molar-refractivity contribution in [3.63, 3.8) is 0 Å². The Kier molecular flexibility index (Phi) is 5.63. The summed E-state index contributed by atoms with van der Waals surface area (Å²) in [6.07, 6.45) is 4.36. The molecule has 0 saturated heterocycles. The van der Waals surface area contributed by atoms with Crippen LogP contribution in [0, 0.1) is 0 Å². The van der Waals surface area contributed by atoms with Crippen molar-refractivity contribution in [2.75, 3.05) is 12.4 Å². The number of carbonyl (C=O) groups excluding carboxylic acids is 1. The van der Waals surface area contributed by atoms with Crippen molar-refractivity contribution >= 4 is 11.6 Å². The van der Waals surface area contributed by atoms with E-state index in [0.717, 1.165) is 32.6 Å². The molecule has 0 radical (unpaired) electrons. The third kappa shape index (κ3) is 4.56. The molecule has 27 heavy (non-hydrogen) atoms. The van der Waals surface area contributed by atoms with Crippen LogP contribution in [0.25, 0.3) is 0 Å². The molecule has 0 aliphatic heterocycles. The van der Waals surface area contributed by atoms with E-state index >= 15 is 0 Å². The van der Waals surface area contributed by atoms with Gasteiger partial charge in [0.25, 0.3) is 11.8 Å². The fourth-order valence-corrected chi connectivity index (χ4v) is 3.29. The molecule has 1 N–H and O–H groups in total. The monoisotopic (exact) mass is 375 g/mol. The number of carbonyl (C=O) groups is 1. The van der Waals surface area contributed by atoms with E-state index in [1.807, 2.05) is 0 Å². The van der Waals surface area contributed by atoms with Crippen LogP contribution in [0.2, 0.25) is 0 Å². The maximum Gasteiger partial charge on any atom is 0.271 e. The molecule has 0 atom stereocenters. The highest BCUT2D eigenvalue weighted by Gasteiger charge is 2.29.